The Morgan fingerprint density at radius 2 is 2.20 bits per heavy atom. The first-order valence-electron chi connectivity index (χ1n) is 7.88. The summed E-state index contributed by atoms with van der Waals surface area (Å²) in [6, 6.07) is 0.406. The third-order valence-corrected chi connectivity index (χ3v) is 4.01. The molecule has 20 heavy (non-hydrogen) atoms. The van der Waals surface area contributed by atoms with Crippen LogP contribution in [0.5, 0.6) is 0 Å². The fourth-order valence-electron chi connectivity index (χ4n) is 2.58. The van der Waals surface area contributed by atoms with Crippen LogP contribution in [0.2, 0.25) is 0 Å². The average Bonchev–Trinajstić information content (AvgIpc) is 2.93. The van der Waals surface area contributed by atoms with E-state index in [9.17, 15) is 0 Å². The van der Waals surface area contributed by atoms with Crippen molar-refractivity contribution < 1.29 is 9.26 Å². The van der Waals surface area contributed by atoms with Gasteiger partial charge in [0, 0.05) is 19.1 Å². The lowest BCUT2D eigenvalue weighted by atomic mass is 9.95. The minimum atomic E-state index is -0.363. The molecule has 5 nitrogen and oxygen atoms in total. The summed E-state index contributed by atoms with van der Waals surface area (Å²) >= 11 is 0. The summed E-state index contributed by atoms with van der Waals surface area (Å²) < 4.78 is 11.3. The van der Waals surface area contributed by atoms with Crippen molar-refractivity contribution in [2.45, 2.75) is 70.9 Å². The van der Waals surface area contributed by atoms with Gasteiger partial charge in [-0.1, -0.05) is 19.0 Å². The van der Waals surface area contributed by atoms with Crippen LogP contribution in [-0.2, 0) is 16.8 Å². The van der Waals surface area contributed by atoms with E-state index >= 15 is 0 Å². The van der Waals surface area contributed by atoms with Crippen molar-refractivity contribution in [3.8, 4) is 0 Å². The average molecular weight is 281 g/mol. The summed E-state index contributed by atoms with van der Waals surface area (Å²) in [4.78, 5) is 4.56. The molecule has 2 heterocycles. The van der Waals surface area contributed by atoms with Crippen molar-refractivity contribution in [3.05, 3.63) is 11.7 Å². The Hall–Kier alpha value is -0.940. The highest BCUT2D eigenvalue weighted by Crippen LogP contribution is 2.32. The predicted octanol–water partition coefficient (Wildman–Crippen LogP) is 2.81. The smallest absolute Gasteiger partial charge is 0.228 e. The quantitative estimate of drug-likeness (QED) is 0.832. The molecule has 0 bridgehead atoms. The van der Waals surface area contributed by atoms with Crippen LogP contribution in [-0.4, -0.2) is 29.3 Å². The maximum Gasteiger partial charge on any atom is 0.228 e. The van der Waals surface area contributed by atoms with Crippen LogP contribution in [0.25, 0.3) is 0 Å². The highest BCUT2D eigenvalue weighted by Gasteiger charge is 2.35. The number of nitrogens with one attached hydrogen (secondary N) is 1. The van der Waals surface area contributed by atoms with Gasteiger partial charge in [0.2, 0.25) is 11.7 Å². The first-order valence-corrected chi connectivity index (χ1v) is 7.88. The molecular formula is C15H27N3O2. The fourth-order valence-corrected chi connectivity index (χ4v) is 2.58. The van der Waals surface area contributed by atoms with Crippen LogP contribution in [0, 0.1) is 0 Å². The molecule has 1 aromatic rings. The molecule has 1 aromatic heterocycles. The van der Waals surface area contributed by atoms with Gasteiger partial charge in [0.1, 0.15) is 5.60 Å². The molecule has 1 aliphatic rings. The largest absolute Gasteiger partial charge is 0.367 e. The van der Waals surface area contributed by atoms with E-state index in [0.29, 0.717) is 17.8 Å². The molecule has 1 fully saturated rings. The molecule has 1 aliphatic heterocycles. The van der Waals surface area contributed by atoms with Crippen LogP contribution < -0.4 is 5.32 Å². The van der Waals surface area contributed by atoms with Crippen molar-refractivity contribution in [3.63, 3.8) is 0 Å². The summed E-state index contributed by atoms with van der Waals surface area (Å²) in [6.07, 6.45) is 6.25. The second kappa shape index (κ2) is 7.18. The topological polar surface area (TPSA) is 60.2 Å². The zero-order valence-corrected chi connectivity index (χ0v) is 12.9. The molecular weight excluding hydrogens is 254 g/mol. The molecule has 1 N–H and O–H groups in total. The molecule has 2 atom stereocenters. The Morgan fingerprint density at radius 1 is 1.35 bits per heavy atom. The highest BCUT2D eigenvalue weighted by molar-refractivity contribution is 5.01. The van der Waals surface area contributed by atoms with Gasteiger partial charge in [0.25, 0.3) is 0 Å². The number of ether oxygens (including phenoxy) is 1. The van der Waals surface area contributed by atoms with Crippen molar-refractivity contribution in [1.82, 2.24) is 15.5 Å². The Labute approximate surface area is 121 Å². The van der Waals surface area contributed by atoms with Gasteiger partial charge < -0.3 is 14.6 Å². The van der Waals surface area contributed by atoms with Gasteiger partial charge in [-0.3, -0.25) is 0 Å². The molecule has 0 amide bonds. The molecule has 5 heteroatoms. The van der Waals surface area contributed by atoms with E-state index in [2.05, 4.69) is 36.2 Å². The summed E-state index contributed by atoms with van der Waals surface area (Å²) in [7, 11) is 0. The van der Waals surface area contributed by atoms with Crippen LogP contribution >= 0.6 is 0 Å². The van der Waals surface area contributed by atoms with Gasteiger partial charge in [-0.2, -0.15) is 4.98 Å². The van der Waals surface area contributed by atoms with E-state index in [1.165, 1.54) is 0 Å². The number of rotatable bonds is 7. The summed E-state index contributed by atoms with van der Waals surface area (Å²) in [5.41, 5.74) is -0.363. The molecule has 0 spiro atoms. The van der Waals surface area contributed by atoms with E-state index in [1.807, 2.05) is 0 Å². The normalized spacial score (nSPS) is 24.8. The van der Waals surface area contributed by atoms with E-state index in [4.69, 9.17) is 9.26 Å². The lowest BCUT2D eigenvalue weighted by Gasteiger charge is -2.30. The van der Waals surface area contributed by atoms with Crippen molar-refractivity contribution >= 4 is 0 Å². The Kier molecular flexibility index (Phi) is 5.54. The van der Waals surface area contributed by atoms with Crippen LogP contribution in [0.1, 0.15) is 64.6 Å². The molecule has 0 saturated carbocycles. The van der Waals surface area contributed by atoms with E-state index in [0.717, 1.165) is 51.7 Å². The zero-order valence-electron chi connectivity index (χ0n) is 12.9. The fraction of sp³-hybridized carbons (Fsp3) is 0.867. The van der Waals surface area contributed by atoms with E-state index in [-0.39, 0.29) is 5.60 Å². The minimum Gasteiger partial charge on any atom is -0.367 e. The molecule has 0 radical (unpaired) electrons. The van der Waals surface area contributed by atoms with Gasteiger partial charge >= 0.3 is 0 Å². The third kappa shape index (κ3) is 3.79. The minimum absolute atomic E-state index is 0.363. The SMILES string of the molecule is CCCNC(CC)Cc1nc(C2(C)CCCCO2)no1. The second-order valence-corrected chi connectivity index (χ2v) is 5.81. The number of hydrogen-bond acceptors (Lipinski definition) is 5. The molecule has 2 unspecified atom stereocenters. The predicted molar refractivity (Wildman–Crippen MR) is 77.5 cm³/mol. The van der Waals surface area contributed by atoms with Gasteiger partial charge in [-0.25, -0.2) is 0 Å². The molecule has 114 valence electrons. The molecule has 2 rings (SSSR count). The van der Waals surface area contributed by atoms with E-state index in [1.54, 1.807) is 0 Å². The third-order valence-electron chi connectivity index (χ3n) is 4.01. The lowest BCUT2D eigenvalue weighted by Crippen LogP contribution is -2.32. The summed E-state index contributed by atoms with van der Waals surface area (Å²) in [5, 5.41) is 7.65. The summed E-state index contributed by atoms with van der Waals surface area (Å²) in [5.74, 6) is 1.42. The van der Waals surface area contributed by atoms with Gasteiger partial charge in [-0.15, -0.1) is 0 Å². The zero-order chi connectivity index (χ0) is 14.4. The van der Waals surface area contributed by atoms with Crippen molar-refractivity contribution in [2.75, 3.05) is 13.2 Å². The number of nitrogens with zero attached hydrogens (tertiary/aromatic N) is 2. The Balaban J connectivity index is 1.97. The molecule has 0 aliphatic carbocycles. The standard InChI is InChI=1S/C15H27N3O2/c1-4-9-16-12(5-2)11-13-17-14(18-20-13)15(3)8-6-7-10-19-15/h12,16H,4-11H2,1-3H3. The van der Waals surface area contributed by atoms with Crippen molar-refractivity contribution in [2.24, 2.45) is 0 Å². The first kappa shape index (κ1) is 15.4. The van der Waals surface area contributed by atoms with Crippen LogP contribution in [0.4, 0.5) is 0 Å². The molecule has 1 saturated heterocycles. The van der Waals surface area contributed by atoms with Crippen molar-refractivity contribution in [1.29, 1.82) is 0 Å². The number of aromatic nitrogens is 2. The number of hydrogen-bond donors (Lipinski definition) is 1. The monoisotopic (exact) mass is 281 g/mol. The van der Waals surface area contributed by atoms with Gasteiger partial charge in [-0.05, 0) is 45.6 Å². The highest BCUT2D eigenvalue weighted by atomic mass is 16.5. The summed E-state index contributed by atoms with van der Waals surface area (Å²) in [6.45, 7) is 8.23. The molecule has 0 aromatic carbocycles. The van der Waals surface area contributed by atoms with Gasteiger partial charge in [0.15, 0.2) is 0 Å². The maximum atomic E-state index is 5.86. The second-order valence-electron chi connectivity index (χ2n) is 5.81. The Morgan fingerprint density at radius 3 is 2.85 bits per heavy atom. The Bertz CT molecular complexity index is 400. The lowest BCUT2D eigenvalue weighted by molar-refractivity contribution is -0.0770. The van der Waals surface area contributed by atoms with Gasteiger partial charge in [0.05, 0.1) is 0 Å². The van der Waals surface area contributed by atoms with Crippen LogP contribution in [0.3, 0.4) is 0 Å². The first-order chi connectivity index (χ1) is 9.68. The van der Waals surface area contributed by atoms with E-state index < -0.39 is 0 Å². The van der Waals surface area contributed by atoms with Crippen LogP contribution in [0.15, 0.2) is 4.52 Å². The maximum absolute atomic E-state index is 5.86.